The molecular formula is C20H25ClN3S+. The molecule has 0 spiro atoms. The number of aryl methyl sites for hydroxylation is 1. The van der Waals surface area contributed by atoms with E-state index in [1.165, 1.54) is 37.1 Å². The first-order valence-electron chi connectivity index (χ1n) is 8.84. The van der Waals surface area contributed by atoms with Crippen molar-refractivity contribution in [2.24, 2.45) is 0 Å². The summed E-state index contributed by atoms with van der Waals surface area (Å²) in [6, 6.07) is 16.7. The molecule has 5 heteroatoms. The standard InChI is InChI=1S/C20H24ClN3S/c1-15-7-6-8-16(13-15)23-20(25)22-14-19(24-11-4-5-12-24)17-9-2-3-10-18(17)21/h2-3,6-10,13,19H,4-5,11-12,14H2,1H3,(H2,22,23,25)/p+1/t19-/m0/s1. The van der Waals surface area contributed by atoms with Gasteiger partial charge in [0.2, 0.25) is 0 Å². The molecule has 2 aromatic rings. The SMILES string of the molecule is Cc1cccc(NC(=S)NC[C@@H](c2ccccc2Cl)[NH+]2CCCC2)c1. The molecule has 0 saturated carbocycles. The predicted octanol–water partition coefficient (Wildman–Crippen LogP) is 3.35. The van der Waals surface area contributed by atoms with Crippen LogP contribution in [-0.4, -0.2) is 24.7 Å². The van der Waals surface area contributed by atoms with E-state index in [0.717, 1.165) is 17.3 Å². The van der Waals surface area contributed by atoms with Crippen LogP contribution in [0.3, 0.4) is 0 Å². The van der Waals surface area contributed by atoms with Gasteiger partial charge in [-0.15, -0.1) is 0 Å². The summed E-state index contributed by atoms with van der Waals surface area (Å²) in [5.41, 5.74) is 3.43. The Kier molecular flexibility index (Phi) is 6.29. The fourth-order valence-electron chi connectivity index (χ4n) is 3.50. The van der Waals surface area contributed by atoms with Crippen LogP contribution < -0.4 is 15.5 Å². The molecule has 2 aromatic carbocycles. The first-order chi connectivity index (χ1) is 12.1. The van der Waals surface area contributed by atoms with Crippen LogP contribution >= 0.6 is 23.8 Å². The summed E-state index contributed by atoms with van der Waals surface area (Å²) >= 11 is 12.0. The molecule has 1 heterocycles. The third-order valence-corrected chi connectivity index (χ3v) is 5.35. The molecule has 0 aromatic heterocycles. The number of thiocarbonyl (C=S) groups is 1. The van der Waals surface area contributed by atoms with Gasteiger partial charge in [-0.2, -0.15) is 0 Å². The monoisotopic (exact) mass is 374 g/mol. The lowest BCUT2D eigenvalue weighted by Crippen LogP contribution is -3.11. The molecule has 3 nitrogen and oxygen atoms in total. The third kappa shape index (κ3) is 4.94. The van der Waals surface area contributed by atoms with E-state index in [1.807, 2.05) is 24.3 Å². The molecule has 1 saturated heterocycles. The minimum absolute atomic E-state index is 0.313. The molecule has 0 radical (unpaired) electrons. The Bertz CT molecular complexity index is 728. The minimum Gasteiger partial charge on any atom is -0.356 e. The summed E-state index contributed by atoms with van der Waals surface area (Å²) in [5.74, 6) is 0. The van der Waals surface area contributed by atoms with Crippen LogP contribution in [0.4, 0.5) is 5.69 Å². The maximum Gasteiger partial charge on any atom is 0.171 e. The van der Waals surface area contributed by atoms with Crippen molar-refractivity contribution in [3.05, 3.63) is 64.7 Å². The van der Waals surface area contributed by atoms with Crippen molar-refractivity contribution in [3.8, 4) is 0 Å². The first kappa shape index (κ1) is 18.2. The van der Waals surface area contributed by atoms with Gasteiger partial charge in [0.1, 0.15) is 6.04 Å². The number of halogens is 1. The van der Waals surface area contributed by atoms with Crippen molar-refractivity contribution in [3.63, 3.8) is 0 Å². The Hall–Kier alpha value is -1.62. The maximum absolute atomic E-state index is 6.47. The zero-order valence-electron chi connectivity index (χ0n) is 14.5. The Balaban J connectivity index is 1.66. The predicted molar refractivity (Wildman–Crippen MR) is 110 cm³/mol. The highest BCUT2D eigenvalue weighted by atomic mass is 35.5. The van der Waals surface area contributed by atoms with Gasteiger partial charge in [0, 0.05) is 29.1 Å². The van der Waals surface area contributed by atoms with E-state index < -0.39 is 0 Å². The van der Waals surface area contributed by atoms with Gasteiger partial charge in [-0.25, -0.2) is 0 Å². The molecule has 0 aliphatic carbocycles. The van der Waals surface area contributed by atoms with E-state index >= 15 is 0 Å². The molecule has 0 unspecified atom stereocenters. The van der Waals surface area contributed by atoms with Gasteiger partial charge in [0.15, 0.2) is 5.11 Å². The van der Waals surface area contributed by atoms with Crippen LogP contribution in [0.15, 0.2) is 48.5 Å². The van der Waals surface area contributed by atoms with E-state index in [-0.39, 0.29) is 0 Å². The van der Waals surface area contributed by atoms with E-state index in [0.29, 0.717) is 11.2 Å². The summed E-state index contributed by atoms with van der Waals surface area (Å²) < 4.78 is 0. The highest BCUT2D eigenvalue weighted by molar-refractivity contribution is 7.80. The van der Waals surface area contributed by atoms with Gasteiger partial charge < -0.3 is 15.5 Å². The molecule has 25 heavy (non-hydrogen) atoms. The number of nitrogens with one attached hydrogen (secondary N) is 3. The second kappa shape index (κ2) is 8.65. The smallest absolute Gasteiger partial charge is 0.171 e. The van der Waals surface area contributed by atoms with Gasteiger partial charge >= 0.3 is 0 Å². The molecule has 1 aliphatic heterocycles. The number of quaternary nitrogens is 1. The second-order valence-electron chi connectivity index (χ2n) is 6.64. The summed E-state index contributed by atoms with van der Waals surface area (Å²) in [6.45, 7) is 5.23. The van der Waals surface area contributed by atoms with Gasteiger partial charge in [-0.05, 0) is 42.9 Å². The quantitative estimate of drug-likeness (QED) is 0.701. The number of rotatable bonds is 5. The zero-order valence-corrected chi connectivity index (χ0v) is 16.1. The van der Waals surface area contributed by atoms with Gasteiger partial charge in [-0.3, -0.25) is 0 Å². The summed E-state index contributed by atoms with van der Waals surface area (Å²) in [4.78, 5) is 1.58. The molecule has 3 rings (SSSR count). The molecule has 132 valence electrons. The van der Waals surface area contributed by atoms with Crippen LogP contribution in [0.25, 0.3) is 0 Å². The van der Waals surface area contributed by atoms with Crippen LogP contribution in [-0.2, 0) is 0 Å². The van der Waals surface area contributed by atoms with Gasteiger partial charge in [-0.1, -0.05) is 41.9 Å². The highest BCUT2D eigenvalue weighted by Gasteiger charge is 2.28. The Morgan fingerprint density at radius 3 is 2.64 bits per heavy atom. The third-order valence-electron chi connectivity index (χ3n) is 4.76. The van der Waals surface area contributed by atoms with Crippen LogP contribution in [0.1, 0.15) is 30.0 Å². The van der Waals surface area contributed by atoms with Gasteiger partial charge in [0.25, 0.3) is 0 Å². The van der Waals surface area contributed by atoms with Gasteiger partial charge in [0.05, 0.1) is 19.6 Å². The van der Waals surface area contributed by atoms with Crippen molar-refractivity contribution < 1.29 is 4.90 Å². The minimum atomic E-state index is 0.313. The van der Waals surface area contributed by atoms with E-state index in [1.54, 1.807) is 4.90 Å². The van der Waals surface area contributed by atoms with Crippen molar-refractivity contribution >= 4 is 34.6 Å². The lowest BCUT2D eigenvalue weighted by atomic mass is 10.1. The van der Waals surface area contributed by atoms with Crippen molar-refractivity contribution in [1.82, 2.24) is 5.32 Å². The fourth-order valence-corrected chi connectivity index (χ4v) is 3.97. The maximum atomic E-state index is 6.47. The molecular weight excluding hydrogens is 350 g/mol. The number of hydrogen-bond acceptors (Lipinski definition) is 1. The Morgan fingerprint density at radius 2 is 1.92 bits per heavy atom. The number of anilines is 1. The van der Waals surface area contributed by atoms with E-state index in [9.17, 15) is 0 Å². The topological polar surface area (TPSA) is 28.5 Å². The van der Waals surface area contributed by atoms with E-state index in [4.69, 9.17) is 23.8 Å². The van der Waals surface area contributed by atoms with Crippen molar-refractivity contribution in [2.75, 3.05) is 25.0 Å². The van der Waals surface area contributed by atoms with Crippen LogP contribution in [0, 0.1) is 6.92 Å². The van der Waals surface area contributed by atoms with Crippen LogP contribution in [0.2, 0.25) is 5.02 Å². The molecule has 1 atom stereocenters. The average molecular weight is 375 g/mol. The molecule has 0 bridgehead atoms. The fraction of sp³-hybridized carbons (Fsp3) is 0.350. The lowest BCUT2D eigenvalue weighted by molar-refractivity contribution is -0.918. The van der Waals surface area contributed by atoms with Crippen molar-refractivity contribution in [1.29, 1.82) is 0 Å². The summed E-state index contributed by atoms with van der Waals surface area (Å²) in [6.07, 6.45) is 2.56. The molecule has 3 N–H and O–H groups in total. The average Bonchev–Trinajstić information content (AvgIpc) is 3.11. The first-order valence-corrected chi connectivity index (χ1v) is 9.62. The number of likely N-dealkylation sites (tertiary alicyclic amines) is 1. The van der Waals surface area contributed by atoms with Crippen LogP contribution in [0.5, 0.6) is 0 Å². The molecule has 0 amide bonds. The second-order valence-corrected chi connectivity index (χ2v) is 7.46. The number of hydrogen-bond donors (Lipinski definition) is 3. The highest BCUT2D eigenvalue weighted by Crippen LogP contribution is 2.21. The Morgan fingerprint density at radius 1 is 1.16 bits per heavy atom. The summed E-state index contributed by atoms with van der Waals surface area (Å²) in [7, 11) is 0. The zero-order chi connectivity index (χ0) is 17.6. The molecule has 1 aliphatic rings. The normalized spacial score (nSPS) is 15.8. The Labute approximate surface area is 160 Å². The van der Waals surface area contributed by atoms with Crippen molar-refractivity contribution in [2.45, 2.75) is 25.8 Å². The largest absolute Gasteiger partial charge is 0.356 e. The number of benzene rings is 2. The van der Waals surface area contributed by atoms with E-state index in [2.05, 4.69) is 41.8 Å². The summed E-state index contributed by atoms with van der Waals surface area (Å²) in [5, 5.41) is 8.16. The molecule has 1 fully saturated rings. The lowest BCUT2D eigenvalue weighted by Gasteiger charge is -2.26.